The summed E-state index contributed by atoms with van der Waals surface area (Å²) >= 11 is 1.41. The van der Waals surface area contributed by atoms with E-state index in [2.05, 4.69) is 4.98 Å². The van der Waals surface area contributed by atoms with Gasteiger partial charge in [-0.1, -0.05) is 0 Å². The van der Waals surface area contributed by atoms with Gasteiger partial charge in [0.1, 0.15) is 10.7 Å². The smallest absolute Gasteiger partial charge is 0.262 e. The molecule has 6 nitrogen and oxygen atoms in total. The zero-order valence-corrected chi connectivity index (χ0v) is 14.6. The standard InChI is InChI=1S/C16H18F2N4O2S/c1-20-8-12-19-15-14(16(24)22(12)5-3-13(20)23)9-2-4-21(7-11(17)18)6-10(9)25-15/h11H,2-8H2,1H3. The number of hydrogen-bond acceptors (Lipinski definition) is 5. The van der Waals surface area contributed by atoms with E-state index in [1.807, 2.05) is 0 Å². The van der Waals surface area contributed by atoms with Crippen LogP contribution in [0.2, 0.25) is 0 Å². The van der Waals surface area contributed by atoms with Gasteiger partial charge in [0.25, 0.3) is 12.0 Å². The first kappa shape index (κ1) is 16.6. The number of carbonyl (C=O) groups excluding carboxylic acids is 1. The molecule has 1 amide bonds. The fourth-order valence-corrected chi connectivity index (χ4v) is 4.84. The van der Waals surface area contributed by atoms with Crippen molar-refractivity contribution in [1.29, 1.82) is 0 Å². The van der Waals surface area contributed by atoms with Crippen LogP contribution in [0.5, 0.6) is 0 Å². The summed E-state index contributed by atoms with van der Waals surface area (Å²) in [4.78, 5) is 34.4. The molecular weight excluding hydrogens is 350 g/mol. The lowest BCUT2D eigenvalue weighted by Gasteiger charge is -2.26. The van der Waals surface area contributed by atoms with Gasteiger partial charge in [-0.15, -0.1) is 11.3 Å². The van der Waals surface area contributed by atoms with Crippen LogP contribution in [0.3, 0.4) is 0 Å². The number of nitrogens with zero attached hydrogens (tertiary/aromatic N) is 4. The van der Waals surface area contributed by atoms with E-state index in [1.165, 1.54) is 11.3 Å². The molecule has 0 atom stereocenters. The normalized spacial score (nSPS) is 18.6. The third-order valence-corrected chi connectivity index (χ3v) is 5.98. The van der Waals surface area contributed by atoms with Crippen LogP contribution in [0, 0.1) is 0 Å². The number of carbonyl (C=O) groups is 1. The van der Waals surface area contributed by atoms with Crippen LogP contribution < -0.4 is 5.56 Å². The van der Waals surface area contributed by atoms with E-state index < -0.39 is 6.43 Å². The van der Waals surface area contributed by atoms with Crippen molar-refractivity contribution in [2.45, 2.75) is 38.9 Å². The Morgan fingerprint density at radius 1 is 1.20 bits per heavy atom. The number of alkyl halides is 2. The number of fused-ring (bicyclic) bond motifs is 4. The lowest BCUT2D eigenvalue weighted by molar-refractivity contribution is -0.130. The van der Waals surface area contributed by atoms with E-state index in [0.29, 0.717) is 48.6 Å². The van der Waals surface area contributed by atoms with Crippen LogP contribution in [0.4, 0.5) is 8.78 Å². The minimum absolute atomic E-state index is 0.00192. The predicted molar refractivity (Wildman–Crippen MR) is 90.0 cm³/mol. The summed E-state index contributed by atoms with van der Waals surface area (Å²) in [5.41, 5.74) is 0.838. The Kier molecular flexibility index (Phi) is 4.07. The van der Waals surface area contributed by atoms with E-state index >= 15 is 0 Å². The van der Waals surface area contributed by atoms with Gasteiger partial charge in [0.05, 0.1) is 18.5 Å². The van der Waals surface area contributed by atoms with Crippen molar-refractivity contribution in [3.8, 4) is 0 Å². The average Bonchev–Trinajstić information content (AvgIpc) is 2.83. The third kappa shape index (κ3) is 2.85. The fraction of sp³-hybridized carbons (Fsp3) is 0.562. The third-order valence-electron chi connectivity index (χ3n) is 4.87. The van der Waals surface area contributed by atoms with E-state index in [0.717, 1.165) is 10.4 Å². The van der Waals surface area contributed by atoms with Crippen LogP contribution in [0.25, 0.3) is 10.2 Å². The molecule has 0 unspecified atom stereocenters. The van der Waals surface area contributed by atoms with Gasteiger partial charge in [-0.3, -0.25) is 19.1 Å². The first-order valence-corrected chi connectivity index (χ1v) is 9.04. The molecule has 134 valence electrons. The maximum absolute atomic E-state index is 13.0. The maximum Gasteiger partial charge on any atom is 0.262 e. The lowest BCUT2D eigenvalue weighted by atomic mass is 10.1. The minimum Gasteiger partial charge on any atom is -0.338 e. The molecule has 0 fully saturated rings. The molecule has 0 aromatic carbocycles. The molecule has 25 heavy (non-hydrogen) atoms. The van der Waals surface area contributed by atoms with Gasteiger partial charge in [0.2, 0.25) is 5.91 Å². The van der Waals surface area contributed by atoms with E-state index in [4.69, 9.17) is 0 Å². The second-order valence-corrected chi connectivity index (χ2v) is 7.63. The van der Waals surface area contributed by atoms with Crippen molar-refractivity contribution < 1.29 is 13.6 Å². The van der Waals surface area contributed by atoms with Gasteiger partial charge >= 0.3 is 0 Å². The fourth-order valence-electron chi connectivity index (χ4n) is 3.57. The maximum atomic E-state index is 13.0. The second-order valence-electron chi connectivity index (χ2n) is 6.54. The number of amides is 1. The van der Waals surface area contributed by atoms with Crippen LogP contribution in [-0.2, 0) is 30.8 Å². The molecule has 4 rings (SSSR count). The van der Waals surface area contributed by atoms with E-state index in [1.54, 1.807) is 21.4 Å². The minimum atomic E-state index is -2.36. The highest BCUT2D eigenvalue weighted by atomic mass is 32.1. The molecule has 0 radical (unpaired) electrons. The van der Waals surface area contributed by atoms with Gasteiger partial charge in [-0.25, -0.2) is 13.8 Å². The molecule has 0 bridgehead atoms. The SMILES string of the molecule is CN1Cc2nc3sc4c(c3c(=O)n2CCC1=O)CCN(CC(F)F)C4. The van der Waals surface area contributed by atoms with Crippen LogP contribution in [-0.4, -0.2) is 51.8 Å². The Bertz CT molecular complexity index is 908. The molecule has 0 aliphatic carbocycles. The largest absolute Gasteiger partial charge is 0.338 e. The summed E-state index contributed by atoms with van der Waals surface area (Å²) in [6.45, 7) is 1.36. The lowest BCUT2D eigenvalue weighted by Crippen LogP contribution is -2.34. The highest BCUT2D eigenvalue weighted by Gasteiger charge is 2.27. The molecule has 0 N–H and O–H groups in total. The molecule has 0 saturated carbocycles. The van der Waals surface area contributed by atoms with Gasteiger partial charge in [-0.2, -0.15) is 0 Å². The Hall–Kier alpha value is -1.87. The van der Waals surface area contributed by atoms with Gasteiger partial charge in [0.15, 0.2) is 0 Å². The topological polar surface area (TPSA) is 58.4 Å². The molecule has 2 aromatic heterocycles. The van der Waals surface area contributed by atoms with E-state index in [-0.39, 0.29) is 24.4 Å². The Morgan fingerprint density at radius 2 is 2.00 bits per heavy atom. The van der Waals surface area contributed by atoms with Gasteiger partial charge in [0, 0.05) is 38.0 Å². The van der Waals surface area contributed by atoms with Crippen LogP contribution in [0.15, 0.2) is 4.79 Å². The zero-order valence-electron chi connectivity index (χ0n) is 13.8. The average molecular weight is 368 g/mol. The van der Waals surface area contributed by atoms with E-state index in [9.17, 15) is 18.4 Å². The molecule has 0 saturated heterocycles. The first-order valence-electron chi connectivity index (χ1n) is 8.22. The zero-order chi connectivity index (χ0) is 17.7. The Morgan fingerprint density at radius 3 is 2.76 bits per heavy atom. The number of halogens is 2. The molecule has 0 spiro atoms. The quantitative estimate of drug-likeness (QED) is 0.805. The van der Waals surface area contributed by atoms with Gasteiger partial charge < -0.3 is 4.90 Å². The molecule has 2 aliphatic heterocycles. The molecule has 2 aliphatic rings. The molecule has 9 heteroatoms. The van der Waals surface area contributed by atoms with Crippen molar-refractivity contribution >= 4 is 27.5 Å². The van der Waals surface area contributed by atoms with Crippen molar-refractivity contribution in [2.24, 2.45) is 0 Å². The first-order chi connectivity index (χ1) is 11.9. The van der Waals surface area contributed by atoms with Gasteiger partial charge in [-0.05, 0) is 12.0 Å². The molecule has 4 heterocycles. The summed E-state index contributed by atoms with van der Waals surface area (Å²) in [5.74, 6) is 0.590. The number of aromatic nitrogens is 2. The molecular formula is C16H18F2N4O2S. The number of rotatable bonds is 2. The monoisotopic (exact) mass is 368 g/mol. The Balaban J connectivity index is 1.78. The molecule has 2 aromatic rings. The summed E-state index contributed by atoms with van der Waals surface area (Å²) in [7, 11) is 1.70. The van der Waals surface area contributed by atoms with Crippen LogP contribution in [0.1, 0.15) is 22.7 Å². The van der Waals surface area contributed by atoms with Crippen molar-refractivity contribution in [2.75, 3.05) is 20.1 Å². The Labute approximate surface area is 146 Å². The highest BCUT2D eigenvalue weighted by Crippen LogP contribution is 2.33. The number of hydrogen-bond donors (Lipinski definition) is 0. The summed E-state index contributed by atoms with van der Waals surface area (Å²) in [5, 5.41) is 0.609. The van der Waals surface area contributed by atoms with Crippen molar-refractivity contribution in [3.63, 3.8) is 0 Å². The second kappa shape index (κ2) is 6.14. The summed E-state index contributed by atoms with van der Waals surface area (Å²) in [6, 6.07) is 0. The highest BCUT2D eigenvalue weighted by molar-refractivity contribution is 7.18. The summed E-state index contributed by atoms with van der Waals surface area (Å²) in [6.07, 6.45) is -1.49. The van der Waals surface area contributed by atoms with Crippen molar-refractivity contribution in [3.05, 3.63) is 26.6 Å². The van der Waals surface area contributed by atoms with Crippen LogP contribution >= 0.6 is 11.3 Å². The van der Waals surface area contributed by atoms with Crippen molar-refractivity contribution in [1.82, 2.24) is 19.4 Å². The predicted octanol–water partition coefficient (Wildman–Crippen LogP) is 1.44. The number of thiophene rings is 1. The summed E-state index contributed by atoms with van der Waals surface area (Å²) < 4.78 is 26.9.